The Morgan fingerprint density at radius 2 is 1.93 bits per heavy atom. The smallest absolute Gasteiger partial charge is 0.273 e. The summed E-state index contributed by atoms with van der Waals surface area (Å²) in [6.07, 6.45) is 2.19. The van der Waals surface area contributed by atoms with E-state index in [4.69, 9.17) is 9.15 Å². The zero-order valence-electron chi connectivity index (χ0n) is 17.3. The van der Waals surface area contributed by atoms with E-state index < -0.39 is 6.04 Å². The fourth-order valence-corrected chi connectivity index (χ4v) is 3.45. The van der Waals surface area contributed by atoms with Crippen molar-refractivity contribution in [2.45, 2.75) is 46.1 Å². The molecule has 1 atom stereocenters. The normalized spacial score (nSPS) is 15.7. The maximum atomic E-state index is 12.5. The van der Waals surface area contributed by atoms with Crippen LogP contribution in [0.3, 0.4) is 0 Å². The van der Waals surface area contributed by atoms with Gasteiger partial charge >= 0.3 is 0 Å². The first-order valence-corrected chi connectivity index (χ1v) is 10.1. The molecule has 0 aliphatic carbocycles. The molecule has 2 amide bonds. The predicted molar refractivity (Wildman–Crippen MR) is 109 cm³/mol. The molecule has 2 heterocycles. The number of ether oxygens (including phenoxy) is 1. The van der Waals surface area contributed by atoms with E-state index in [1.165, 1.54) is 11.1 Å². The van der Waals surface area contributed by atoms with E-state index in [9.17, 15) is 9.59 Å². The number of carbonyl (C=O) groups excluding carboxylic acids is 2. The molecule has 1 aliphatic heterocycles. The molecule has 3 rings (SSSR count). The van der Waals surface area contributed by atoms with Gasteiger partial charge in [0.1, 0.15) is 11.8 Å². The zero-order valence-corrected chi connectivity index (χ0v) is 17.3. The Kier molecular flexibility index (Phi) is 7.04. The highest BCUT2D eigenvalue weighted by Crippen LogP contribution is 2.20. The minimum absolute atomic E-state index is 0.0270. The Morgan fingerprint density at radius 1 is 1.21 bits per heavy atom. The lowest BCUT2D eigenvalue weighted by atomic mass is 9.99. The third kappa shape index (κ3) is 5.44. The fourth-order valence-electron chi connectivity index (χ4n) is 3.45. The number of hydrogen-bond donors (Lipinski definition) is 2. The van der Waals surface area contributed by atoms with Crippen molar-refractivity contribution in [1.29, 1.82) is 0 Å². The molecular weight excluding hydrogens is 370 g/mol. The first-order valence-electron chi connectivity index (χ1n) is 10.1. The average molecular weight is 399 g/mol. The zero-order chi connectivity index (χ0) is 20.8. The summed E-state index contributed by atoms with van der Waals surface area (Å²) >= 11 is 0. The van der Waals surface area contributed by atoms with E-state index in [0.717, 1.165) is 19.3 Å². The maximum Gasteiger partial charge on any atom is 0.273 e. The molecule has 0 radical (unpaired) electrons. The van der Waals surface area contributed by atoms with Crippen molar-refractivity contribution >= 4 is 11.8 Å². The average Bonchev–Trinajstić information content (AvgIpc) is 3.12. The second-order valence-electron chi connectivity index (χ2n) is 7.51. The van der Waals surface area contributed by atoms with Crippen LogP contribution < -0.4 is 10.6 Å². The lowest BCUT2D eigenvalue weighted by Crippen LogP contribution is -2.35. The van der Waals surface area contributed by atoms with Gasteiger partial charge in [0, 0.05) is 25.7 Å². The van der Waals surface area contributed by atoms with Gasteiger partial charge in [-0.05, 0) is 51.2 Å². The van der Waals surface area contributed by atoms with Gasteiger partial charge in [-0.25, -0.2) is 4.98 Å². The van der Waals surface area contributed by atoms with E-state index in [1.54, 1.807) is 6.92 Å². The quantitative estimate of drug-likeness (QED) is 0.747. The summed E-state index contributed by atoms with van der Waals surface area (Å²) in [4.78, 5) is 29.2. The number of aryl methyl sites for hydroxylation is 2. The Hall–Kier alpha value is -2.67. The largest absolute Gasteiger partial charge is 0.443 e. The Morgan fingerprint density at radius 3 is 2.66 bits per heavy atom. The number of rotatable bonds is 7. The van der Waals surface area contributed by atoms with Gasteiger partial charge < -0.3 is 19.8 Å². The summed E-state index contributed by atoms with van der Waals surface area (Å²) in [5.74, 6) is 0.439. The lowest BCUT2D eigenvalue weighted by Gasteiger charge is -2.22. The van der Waals surface area contributed by atoms with Crippen LogP contribution in [0.25, 0.3) is 0 Å². The molecule has 1 saturated heterocycles. The number of aromatic nitrogens is 1. The number of nitrogens with zero attached hydrogens (tertiary/aromatic N) is 1. The van der Waals surface area contributed by atoms with Crippen molar-refractivity contribution in [3.8, 4) is 0 Å². The molecule has 0 bridgehead atoms. The molecule has 2 N–H and O–H groups in total. The Bertz CT molecular complexity index is 855. The van der Waals surface area contributed by atoms with Gasteiger partial charge in [-0.3, -0.25) is 9.59 Å². The molecule has 7 nitrogen and oxygen atoms in total. The van der Waals surface area contributed by atoms with E-state index in [0.29, 0.717) is 31.4 Å². The summed E-state index contributed by atoms with van der Waals surface area (Å²) in [5, 5.41) is 5.83. The van der Waals surface area contributed by atoms with Gasteiger partial charge in [0.05, 0.1) is 0 Å². The van der Waals surface area contributed by atoms with Crippen LogP contribution >= 0.6 is 0 Å². The van der Waals surface area contributed by atoms with Gasteiger partial charge in [-0.15, -0.1) is 0 Å². The summed E-state index contributed by atoms with van der Waals surface area (Å²) < 4.78 is 11.0. The van der Waals surface area contributed by atoms with Crippen molar-refractivity contribution < 1.29 is 18.7 Å². The second kappa shape index (κ2) is 9.69. The number of carbonyl (C=O) groups is 2. The molecule has 0 unspecified atom stereocenters. The van der Waals surface area contributed by atoms with Crippen molar-refractivity contribution in [2.75, 3.05) is 19.8 Å². The summed E-state index contributed by atoms with van der Waals surface area (Å²) in [6.45, 7) is 7.31. The second-order valence-corrected chi connectivity index (χ2v) is 7.51. The van der Waals surface area contributed by atoms with Crippen LogP contribution in [0.5, 0.6) is 0 Å². The molecule has 1 aromatic carbocycles. The lowest BCUT2D eigenvalue weighted by molar-refractivity contribution is -0.128. The van der Waals surface area contributed by atoms with E-state index in [1.807, 2.05) is 19.1 Å². The van der Waals surface area contributed by atoms with Gasteiger partial charge in [-0.2, -0.15) is 0 Å². The highest BCUT2D eigenvalue weighted by atomic mass is 16.5. The van der Waals surface area contributed by atoms with Crippen LogP contribution in [0.2, 0.25) is 0 Å². The van der Waals surface area contributed by atoms with Crippen LogP contribution in [-0.2, 0) is 16.0 Å². The molecule has 0 spiro atoms. The van der Waals surface area contributed by atoms with Crippen molar-refractivity contribution in [1.82, 2.24) is 15.6 Å². The SMILES string of the molecule is Cc1ccccc1CCNC(=O)c1nc([C@H](C)NC(=O)C2CCOCC2)oc1C. The molecule has 2 aromatic rings. The molecule has 1 aromatic heterocycles. The number of benzene rings is 1. The first kappa shape index (κ1) is 21.0. The number of nitrogens with one attached hydrogen (secondary N) is 2. The summed E-state index contributed by atoms with van der Waals surface area (Å²) in [6, 6.07) is 7.70. The van der Waals surface area contributed by atoms with Gasteiger partial charge in [-0.1, -0.05) is 24.3 Å². The molecule has 156 valence electrons. The molecule has 29 heavy (non-hydrogen) atoms. The van der Waals surface area contributed by atoms with Gasteiger partial charge in [0.2, 0.25) is 11.8 Å². The maximum absolute atomic E-state index is 12.5. The van der Waals surface area contributed by atoms with E-state index in [2.05, 4.69) is 34.7 Å². The molecular formula is C22H29N3O4. The first-order chi connectivity index (χ1) is 14.0. The van der Waals surface area contributed by atoms with Gasteiger partial charge in [0.15, 0.2) is 5.69 Å². The molecule has 7 heteroatoms. The van der Waals surface area contributed by atoms with Crippen LogP contribution in [-0.4, -0.2) is 36.6 Å². The van der Waals surface area contributed by atoms with Crippen LogP contribution in [0.1, 0.15) is 59.1 Å². The van der Waals surface area contributed by atoms with Crippen LogP contribution in [0.4, 0.5) is 0 Å². The van der Waals surface area contributed by atoms with E-state index in [-0.39, 0.29) is 23.4 Å². The van der Waals surface area contributed by atoms with Crippen LogP contribution in [0, 0.1) is 19.8 Å². The third-order valence-electron chi connectivity index (χ3n) is 5.29. The molecule has 1 aliphatic rings. The predicted octanol–water partition coefficient (Wildman–Crippen LogP) is 2.87. The Balaban J connectivity index is 1.55. The summed E-state index contributed by atoms with van der Waals surface area (Å²) in [5.41, 5.74) is 2.67. The standard InChI is InChI=1S/C22H29N3O4/c1-14-6-4-5-7-17(14)8-11-23-21(27)19-16(3)29-22(25-19)15(2)24-20(26)18-9-12-28-13-10-18/h4-7,15,18H,8-13H2,1-3H3,(H,23,27)(H,24,26)/t15-/m0/s1. The topological polar surface area (TPSA) is 93.5 Å². The minimum Gasteiger partial charge on any atom is -0.443 e. The molecule has 1 fully saturated rings. The highest BCUT2D eigenvalue weighted by molar-refractivity contribution is 5.93. The highest BCUT2D eigenvalue weighted by Gasteiger charge is 2.26. The van der Waals surface area contributed by atoms with Crippen LogP contribution in [0.15, 0.2) is 28.7 Å². The van der Waals surface area contributed by atoms with Gasteiger partial charge in [0.25, 0.3) is 5.91 Å². The van der Waals surface area contributed by atoms with Crippen molar-refractivity contribution in [2.24, 2.45) is 5.92 Å². The summed E-state index contributed by atoms with van der Waals surface area (Å²) in [7, 11) is 0. The van der Waals surface area contributed by atoms with E-state index >= 15 is 0 Å². The number of oxazole rings is 1. The monoisotopic (exact) mass is 399 g/mol. The number of amides is 2. The minimum atomic E-state index is -0.405. The van der Waals surface area contributed by atoms with Crippen molar-refractivity contribution in [3.63, 3.8) is 0 Å². The Labute approximate surface area is 171 Å². The molecule has 0 saturated carbocycles. The fraction of sp³-hybridized carbons (Fsp3) is 0.500. The number of hydrogen-bond acceptors (Lipinski definition) is 5. The third-order valence-corrected chi connectivity index (χ3v) is 5.29. The van der Waals surface area contributed by atoms with Crippen molar-refractivity contribution in [3.05, 3.63) is 52.7 Å².